The van der Waals surface area contributed by atoms with E-state index in [1.807, 2.05) is 0 Å². The summed E-state index contributed by atoms with van der Waals surface area (Å²) in [6.45, 7) is 8.53. The lowest BCUT2D eigenvalue weighted by atomic mass is 9.87. The normalized spacial score (nSPS) is 12.9. The molecule has 0 aromatic heterocycles. The molecule has 0 fully saturated rings. The highest BCUT2D eigenvalue weighted by Gasteiger charge is 2.13. The van der Waals surface area contributed by atoms with Crippen LogP contribution in [0.25, 0.3) is 0 Å². The van der Waals surface area contributed by atoms with Crippen molar-refractivity contribution in [2.75, 3.05) is 6.54 Å². The molecule has 76 valence electrons. The van der Waals surface area contributed by atoms with Crippen molar-refractivity contribution in [1.82, 2.24) is 0 Å². The van der Waals surface area contributed by atoms with Crippen LogP contribution in [0.2, 0.25) is 0 Å². The minimum Gasteiger partial charge on any atom is -0.330 e. The van der Waals surface area contributed by atoms with Crippen molar-refractivity contribution in [2.24, 2.45) is 17.6 Å². The van der Waals surface area contributed by atoms with Gasteiger partial charge in [-0.15, -0.1) is 0 Å². The Morgan fingerprint density at radius 2 is 2.08 bits per heavy atom. The predicted octanol–water partition coefficient (Wildman–Crippen LogP) is 2.14. The molecule has 2 heteroatoms. The molecule has 0 amide bonds. The third-order valence-corrected chi connectivity index (χ3v) is 2.47. The second-order valence-electron chi connectivity index (χ2n) is 3.79. The van der Waals surface area contributed by atoms with Crippen LogP contribution in [0.1, 0.15) is 33.1 Å². The van der Waals surface area contributed by atoms with E-state index in [0.717, 1.165) is 12.8 Å². The van der Waals surface area contributed by atoms with Crippen LogP contribution in [-0.4, -0.2) is 12.3 Å². The molecule has 0 radical (unpaired) electrons. The average molecular weight is 183 g/mol. The molecule has 2 N–H and O–H groups in total. The summed E-state index contributed by atoms with van der Waals surface area (Å²) < 4.78 is 0. The molecule has 2 nitrogen and oxygen atoms in total. The Hall–Kier alpha value is -0.630. The summed E-state index contributed by atoms with van der Waals surface area (Å²) in [6.07, 6.45) is 3.98. The standard InChI is InChI=1S/C11H21NO/c1-4-11(13)6-5-10(7-8-12)9(2)3/h4,9-10H,1,5-8,12H2,2-3H3. The number of allylic oxidation sites excluding steroid dienone is 1. The monoisotopic (exact) mass is 183 g/mol. The summed E-state index contributed by atoms with van der Waals surface area (Å²) in [6, 6.07) is 0. The van der Waals surface area contributed by atoms with Crippen LogP contribution in [-0.2, 0) is 4.79 Å². The van der Waals surface area contributed by atoms with Crippen LogP contribution >= 0.6 is 0 Å². The minimum atomic E-state index is 0.141. The van der Waals surface area contributed by atoms with Crippen molar-refractivity contribution in [2.45, 2.75) is 33.1 Å². The van der Waals surface area contributed by atoms with E-state index in [9.17, 15) is 4.79 Å². The molecule has 0 heterocycles. The first kappa shape index (κ1) is 12.4. The predicted molar refractivity (Wildman–Crippen MR) is 56.4 cm³/mol. The molecule has 0 spiro atoms. The van der Waals surface area contributed by atoms with Crippen molar-refractivity contribution < 1.29 is 4.79 Å². The van der Waals surface area contributed by atoms with E-state index in [4.69, 9.17) is 5.73 Å². The summed E-state index contributed by atoms with van der Waals surface area (Å²) in [5.41, 5.74) is 5.50. The molecule has 0 aliphatic rings. The van der Waals surface area contributed by atoms with Crippen molar-refractivity contribution in [1.29, 1.82) is 0 Å². The van der Waals surface area contributed by atoms with E-state index in [-0.39, 0.29) is 5.78 Å². The number of carbonyl (C=O) groups is 1. The van der Waals surface area contributed by atoms with Crippen LogP contribution < -0.4 is 5.73 Å². The highest BCUT2D eigenvalue weighted by Crippen LogP contribution is 2.20. The Balaban J connectivity index is 3.81. The highest BCUT2D eigenvalue weighted by molar-refractivity contribution is 5.88. The average Bonchev–Trinajstić information content (AvgIpc) is 2.11. The van der Waals surface area contributed by atoms with Crippen LogP contribution in [0.15, 0.2) is 12.7 Å². The third-order valence-electron chi connectivity index (χ3n) is 2.47. The van der Waals surface area contributed by atoms with Gasteiger partial charge in [0.25, 0.3) is 0 Å². The maximum Gasteiger partial charge on any atom is 0.155 e. The van der Waals surface area contributed by atoms with E-state index < -0.39 is 0 Å². The van der Waals surface area contributed by atoms with E-state index in [1.54, 1.807) is 0 Å². The molecule has 0 aliphatic carbocycles. The first-order valence-electron chi connectivity index (χ1n) is 4.97. The maximum atomic E-state index is 11.0. The van der Waals surface area contributed by atoms with Gasteiger partial charge in [0, 0.05) is 6.42 Å². The lowest BCUT2D eigenvalue weighted by Gasteiger charge is -2.19. The van der Waals surface area contributed by atoms with Gasteiger partial charge in [-0.2, -0.15) is 0 Å². The van der Waals surface area contributed by atoms with Crippen molar-refractivity contribution in [3.63, 3.8) is 0 Å². The zero-order chi connectivity index (χ0) is 10.3. The molecule has 13 heavy (non-hydrogen) atoms. The van der Waals surface area contributed by atoms with E-state index in [0.29, 0.717) is 24.8 Å². The Labute approximate surface area is 81.2 Å². The van der Waals surface area contributed by atoms with Crippen LogP contribution in [0, 0.1) is 11.8 Å². The molecule has 0 aromatic carbocycles. The van der Waals surface area contributed by atoms with Crippen LogP contribution in [0.4, 0.5) is 0 Å². The third kappa shape index (κ3) is 5.58. The van der Waals surface area contributed by atoms with Gasteiger partial charge in [0.05, 0.1) is 0 Å². The minimum absolute atomic E-state index is 0.141. The van der Waals surface area contributed by atoms with Gasteiger partial charge in [-0.3, -0.25) is 4.79 Å². The highest BCUT2D eigenvalue weighted by atomic mass is 16.1. The first-order valence-corrected chi connectivity index (χ1v) is 4.97. The van der Waals surface area contributed by atoms with E-state index >= 15 is 0 Å². The zero-order valence-corrected chi connectivity index (χ0v) is 8.75. The van der Waals surface area contributed by atoms with E-state index in [1.165, 1.54) is 6.08 Å². The molecule has 0 aromatic rings. The number of hydrogen-bond donors (Lipinski definition) is 1. The molecule has 0 aliphatic heterocycles. The van der Waals surface area contributed by atoms with E-state index in [2.05, 4.69) is 20.4 Å². The maximum absolute atomic E-state index is 11.0. The van der Waals surface area contributed by atoms with Gasteiger partial charge in [0.15, 0.2) is 5.78 Å². The van der Waals surface area contributed by atoms with Crippen molar-refractivity contribution >= 4 is 5.78 Å². The molecule has 0 saturated heterocycles. The first-order chi connectivity index (χ1) is 6.11. The van der Waals surface area contributed by atoms with Gasteiger partial charge in [0.2, 0.25) is 0 Å². The SMILES string of the molecule is C=CC(=O)CCC(CCN)C(C)C. The molecule has 0 bridgehead atoms. The molecular weight excluding hydrogens is 162 g/mol. The smallest absolute Gasteiger partial charge is 0.155 e. The number of carbonyl (C=O) groups excluding carboxylic acids is 1. The summed E-state index contributed by atoms with van der Waals surface area (Å²) in [7, 11) is 0. The largest absolute Gasteiger partial charge is 0.330 e. The van der Waals surface area contributed by atoms with Gasteiger partial charge in [-0.25, -0.2) is 0 Å². The van der Waals surface area contributed by atoms with Gasteiger partial charge in [-0.05, 0) is 37.3 Å². The lowest BCUT2D eigenvalue weighted by Crippen LogP contribution is -2.15. The van der Waals surface area contributed by atoms with Crippen molar-refractivity contribution in [3.8, 4) is 0 Å². The fourth-order valence-corrected chi connectivity index (χ4v) is 1.45. The summed E-state index contributed by atoms with van der Waals surface area (Å²) in [4.78, 5) is 11.0. The van der Waals surface area contributed by atoms with Gasteiger partial charge in [0.1, 0.15) is 0 Å². The molecule has 0 rings (SSSR count). The number of rotatable bonds is 7. The number of nitrogens with two attached hydrogens (primary N) is 1. The molecule has 0 saturated carbocycles. The molecule has 1 atom stereocenters. The fraction of sp³-hybridized carbons (Fsp3) is 0.727. The Bertz CT molecular complexity index is 163. The fourth-order valence-electron chi connectivity index (χ4n) is 1.45. The van der Waals surface area contributed by atoms with Gasteiger partial charge >= 0.3 is 0 Å². The molecule has 1 unspecified atom stereocenters. The summed E-state index contributed by atoms with van der Waals surface area (Å²) in [5.74, 6) is 1.33. The van der Waals surface area contributed by atoms with Crippen molar-refractivity contribution in [3.05, 3.63) is 12.7 Å². The lowest BCUT2D eigenvalue weighted by molar-refractivity contribution is -0.114. The quantitative estimate of drug-likeness (QED) is 0.614. The molecular formula is C11H21NO. The van der Waals surface area contributed by atoms with Crippen LogP contribution in [0.3, 0.4) is 0 Å². The van der Waals surface area contributed by atoms with Crippen LogP contribution in [0.5, 0.6) is 0 Å². The topological polar surface area (TPSA) is 43.1 Å². The van der Waals surface area contributed by atoms with Gasteiger partial charge < -0.3 is 5.73 Å². The summed E-state index contributed by atoms with van der Waals surface area (Å²) in [5, 5.41) is 0. The second kappa shape index (κ2) is 6.84. The number of hydrogen-bond acceptors (Lipinski definition) is 2. The summed E-state index contributed by atoms with van der Waals surface area (Å²) >= 11 is 0. The second-order valence-corrected chi connectivity index (χ2v) is 3.79. The van der Waals surface area contributed by atoms with Gasteiger partial charge in [-0.1, -0.05) is 20.4 Å². The Morgan fingerprint density at radius 1 is 1.46 bits per heavy atom. The Morgan fingerprint density at radius 3 is 2.46 bits per heavy atom. The zero-order valence-electron chi connectivity index (χ0n) is 8.75. The Kier molecular flexibility index (Phi) is 6.51. The number of ketones is 1.